The van der Waals surface area contributed by atoms with Crippen molar-refractivity contribution in [3.8, 4) is 17.2 Å². The minimum absolute atomic E-state index is 0.224. The molecule has 2 aromatic carbocycles. The van der Waals surface area contributed by atoms with Crippen molar-refractivity contribution >= 4 is 17.0 Å². The first-order chi connectivity index (χ1) is 15.9. The number of hydrogen-bond donors (Lipinski definition) is 2. The molecule has 33 heavy (non-hydrogen) atoms. The topological polar surface area (TPSA) is 86.0 Å². The number of carboxylic acid groups (broad SMARTS) is 1. The van der Waals surface area contributed by atoms with E-state index in [1.807, 2.05) is 0 Å². The Morgan fingerprint density at radius 2 is 1.88 bits per heavy atom. The molecule has 0 aliphatic heterocycles. The van der Waals surface area contributed by atoms with Crippen molar-refractivity contribution in [3.05, 3.63) is 64.8 Å². The van der Waals surface area contributed by atoms with Gasteiger partial charge in [0, 0.05) is 29.6 Å². The van der Waals surface area contributed by atoms with Gasteiger partial charge in [-0.1, -0.05) is 56.2 Å². The van der Waals surface area contributed by atoms with Crippen LogP contribution in [-0.2, 0) is 19.4 Å². The van der Waals surface area contributed by atoms with Crippen LogP contribution in [0.5, 0.6) is 0 Å². The molecular weight excluding hydrogens is 410 g/mol. The molecule has 172 valence electrons. The lowest BCUT2D eigenvalue weighted by Crippen LogP contribution is -2.22. The smallest absolute Gasteiger partial charge is 0.404 e. The maximum Gasteiger partial charge on any atom is 0.404 e. The van der Waals surface area contributed by atoms with Crippen molar-refractivity contribution in [2.75, 3.05) is 0 Å². The standard InChI is InChI=1S/C28H33N3O2/c1-19(2)16-26-24(18-30-28(32)33)27(22-12-9-20(3)10-13-22)23-17-21(11-14-25(23)31-26)8-6-4-5-7-15-29/h9-14,17,19,30H,4-8,16,18H2,1-3H3,(H,32,33). The molecule has 1 aromatic heterocycles. The number of unbranched alkanes of at least 4 members (excludes halogenated alkanes) is 3. The Balaban J connectivity index is 2.14. The molecule has 1 heterocycles. The van der Waals surface area contributed by atoms with E-state index in [2.05, 4.69) is 74.6 Å². The van der Waals surface area contributed by atoms with E-state index in [9.17, 15) is 9.90 Å². The van der Waals surface area contributed by atoms with Gasteiger partial charge in [0.05, 0.1) is 11.6 Å². The molecule has 1 amide bonds. The highest BCUT2D eigenvalue weighted by Gasteiger charge is 2.18. The number of nitriles is 1. The number of aromatic nitrogens is 1. The molecular formula is C28H33N3O2. The molecule has 3 rings (SSSR count). The molecule has 5 nitrogen and oxygen atoms in total. The van der Waals surface area contributed by atoms with E-state index in [4.69, 9.17) is 10.2 Å². The summed E-state index contributed by atoms with van der Waals surface area (Å²) in [6.45, 7) is 6.60. The summed E-state index contributed by atoms with van der Waals surface area (Å²) in [5, 5.41) is 21.7. The molecule has 2 N–H and O–H groups in total. The van der Waals surface area contributed by atoms with E-state index in [-0.39, 0.29) is 6.54 Å². The second-order valence-electron chi connectivity index (χ2n) is 9.11. The van der Waals surface area contributed by atoms with Crippen LogP contribution < -0.4 is 5.32 Å². The van der Waals surface area contributed by atoms with Crippen LogP contribution in [0.15, 0.2) is 42.5 Å². The summed E-state index contributed by atoms with van der Waals surface area (Å²) in [5.41, 5.74) is 7.40. The highest BCUT2D eigenvalue weighted by Crippen LogP contribution is 2.35. The van der Waals surface area contributed by atoms with Gasteiger partial charge in [0.2, 0.25) is 0 Å². The quantitative estimate of drug-likeness (QED) is 0.337. The summed E-state index contributed by atoms with van der Waals surface area (Å²) in [7, 11) is 0. The Labute approximate surface area is 196 Å². The van der Waals surface area contributed by atoms with Gasteiger partial charge in [-0.05, 0) is 67.3 Å². The highest BCUT2D eigenvalue weighted by molar-refractivity contribution is 5.97. The number of carbonyl (C=O) groups is 1. The van der Waals surface area contributed by atoms with Crippen LogP contribution in [-0.4, -0.2) is 16.2 Å². The molecule has 0 aliphatic rings. The maximum absolute atomic E-state index is 11.4. The average molecular weight is 444 g/mol. The fraction of sp³-hybridized carbons (Fsp3) is 0.393. The normalized spacial score (nSPS) is 11.0. The number of aryl methyl sites for hydroxylation is 2. The first kappa shape index (κ1) is 24.3. The first-order valence-electron chi connectivity index (χ1n) is 11.7. The first-order valence-corrected chi connectivity index (χ1v) is 11.7. The second-order valence-corrected chi connectivity index (χ2v) is 9.11. The number of pyridine rings is 1. The Bertz CT molecular complexity index is 1140. The van der Waals surface area contributed by atoms with Crippen LogP contribution >= 0.6 is 0 Å². The monoisotopic (exact) mass is 443 g/mol. The Hall–Kier alpha value is -3.39. The van der Waals surface area contributed by atoms with E-state index in [0.29, 0.717) is 12.3 Å². The van der Waals surface area contributed by atoms with Crippen LogP contribution in [0.4, 0.5) is 4.79 Å². The van der Waals surface area contributed by atoms with Crippen molar-refractivity contribution in [1.82, 2.24) is 10.3 Å². The van der Waals surface area contributed by atoms with Gasteiger partial charge >= 0.3 is 6.09 Å². The van der Waals surface area contributed by atoms with Gasteiger partial charge in [-0.25, -0.2) is 4.79 Å². The number of amides is 1. The zero-order chi connectivity index (χ0) is 23.8. The summed E-state index contributed by atoms with van der Waals surface area (Å²) in [5.74, 6) is 0.400. The molecule has 0 fully saturated rings. The van der Waals surface area contributed by atoms with Crippen molar-refractivity contribution in [3.63, 3.8) is 0 Å². The summed E-state index contributed by atoms with van der Waals surface area (Å²) in [6.07, 6.45) is 4.32. The lowest BCUT2D eigenvalue weighted by atomic mass is 9.90. The summed E-state index contributed by atoms with van der Waals surface area (Å²) < 4.78 is 0. The number of fused-ring (bicyclic) bond motifs is 1. The minimum Gasteiger partial charge on any atom is -0.465 e. The van der Waals surface area contributed by atoms with Gasteiger partial charge < -0.3 is 10.4 Å². The van der Waals surface area contributed by atoms with E-state index in [1.165, 1.54) is 11.1 Å². The van der Waals surface area contributed by atoms with Crippen LogP contribution in [0.25, 0.3) is 22.0 Å². The number of hydrogen-bond acceptors (Lipinski definition) is 3. The summed E-state index contributed by atoms with van der Waals surface area (Å²) >= 11 is 0. The SMILES string of the molecule is Cc1ccc(-c2c(CNC(=O)O)c(CC(C)C)nc3ccc(CCCCCC#N)cc23)cc1. The predicted molar refractivity (Wildman–Crippen MR) is 133 cm³/mol. The fourth-order valence-corrected chi connectivity index (χ4v) is 4.23. The third-order valence-electron chi connectivity index (χ3n) is 5.85. The number of benzene rings is 2. The number of nitrogens with one attached hydrogen (secondary N) is 1. The molecule has 5 heteroatoms. The summed E-state index contributed by atoms with van der Waals surface area (Å²) in [4.78, 5) is 16.3. The molecule has 3 aromatic rings. The van der Waals surface area contributed by atoms with Crippen LogP contribution in [0, 0.1) is 24.2 Å². The highest BCUT2D eigenvalue weighted by atomic mass is 16.4. The van der Waals surface area contributed by atoms with Gasteiger partial charge in [-0.3, -0.25) is 4.98 Å². The van der Waals surface area contributed by atoms with Gasteiger partial charge in [-0.15, -0.1) is 0 Å². The zero-order valence-corrected chi connectivity index (χ0v) is 19.8. The molecule has 0 atom stereocenters. The van der Waals surface area contributed by atoms with Crippen molar-refractivity contribution < 1.29 is 9.90 Å². The van der Waals surface area contributed by atoms with Crippen LogP contribution in [0.3, 0.4) is 0 Å². The van der Waals surface area contributed by atoms with E-state index in [0.717, 1.165) is 65.4 Å². The summed E-state index contributed by atoms with van der Waals surface area (Å²) in [6, 6.07) is 17.1. The molecule has 0 unspecified atom stereocenters. The lowest BCUT2D eigenvalue weighted by Gasteiger charge is -2.19. The molecule has 0 aliphatic carbocycles. The molecule has 0 saturated heterocycles. The van der Waals surface area contributed by atoms with Gasteiger partial charge in [0.25, 0.3) is 0 Å². The van der Waals surface area contributed by atoms with E-state index in [1.54, 1.807) is 0 Å². The fourth-order valence-electron chi connectivity index (χ4n) is 4.23. The van der Waals surface area contributed by atoms with Crippen molar-refractivity contribution in [2.45, 2.75) is 65.8 Å². The van der Waals surface area contributed by atoms with Gasteiger partial charge in [0.1, 0.15) is 0 Å². The number of nitrogens with zero attached hydrogens (tertiary/aromatic N) is 2. The average Bonchev–Trinajstić information content (AvgIpc) is 2.77. The Morgan fingerprint density at radius 3 is 2.55 bits per heavy atom. The lowest BCUT2D eigenvalue weighted by molar-refractivity contribution is 0.194. The second kappa shape index (κ2) is 11.5. The molecule has 0 radical (unpaired) electrons. The Kier molecular flexibility index (Phi) is 8.43. The largest absolute Gasteiger partial charge is 0.465 e. The third kappa shape index (κ3) is 6.55. The third-order valence-corrected chi connectivity index (χ3v) is 5.85. The molecule has 0 saturated carbocycles. The predicted octanol–water partition coefficient (Wildman–Crippen LogP) is 6.80. The van der Waals surface area contributed by atoms with Crippen molar-refractivity contribution in [1.29, 1.82) is 5.26 Å². The zero-order valence-electron chi connectivity index (χ0n) is 19.8. The molecule has 0 spiro atoms. The van der Waals surface area contributed by atoms with E-state index >= 15 is 0 Å². The van der Waals surface area contributed by atoms with Crippen LogP contribution in [0.2, 0.25) is 0 Å². The number of rotatable bonds is 10. The van der Waals surface area contributed by atoms with Gasteiger partial charge in [-0.2, -0.15) is 5.26 Å². The minimum atomic E-state index is -1.04. The Morgan fingerprint density at radius 1 is 1.12 bits per heavy atom. The van der Waals surface area contributed by atoms with Gasteiger partial charge in [0.15, 0.2) is 0 Å². The van der Waals surface area contributed by atoms with Crippen LogP contribution in [0.1, 0.15) is 61.9 Å². The molecule has 0 bridgehead atoms. The maximum atomic E-state index is 11.4. The van der Waals surface area contributed by atoms with E-state index < -0.39 is 6.09 Å². The van der Waals surface area contributed by atoms with Crippen molar-refractivity contribution in [2.24, 2.45) is 5.92 Å².